The van der Waals surface area contributed by atoms with E-state index in [4.69, 9.17) is 5.26 Å². The number of rotatable bonds is 5. The van der Waals surface area contributed by atoms with Crippen molar-refractivity contribution in [2.45, 2.75) is 57.3 Å². The van der Waals surface area contributed by atoms with Gasteiger partial charge in [-0.05, 0) is 26.7 Å². The molecule has 2 saturated heterocycles. The molecule has 0 spiro atoms. The van der Waals surface area contributed by atoms with E-state index >= 15 is 0 Å². The molecule has 2 aliphatic rings. The Balaban J connectivity index is 1.82. The fourth-order valence-electron chi connectivity index (χ4n) is 3.12. The van der Waals surface area contributed by atoms with Crippen LogP contribution in [0.4, 0.5) is 4.39 Å². The Hall–Kier alpha value is -1.68. The highest BCUT2D eigenvalue weighted by Crippen LogP contribution is 2.20. The highest BCUT2D eigenvalue weighted by molar-refractivity contribution is 5.80. The van der Waals surface area contributed by atoms with Crippen molar-refractivity contribution in [3.63, 3.8) is 0 Å². The predicted octanol–water partition coefficient (Wildman–Crippen LogP) is 0.830. The van der Waals surface area contributed by atoms with E-state index in [9.17, 15) is 14.0 Å². The zero-order valence-corrected chi connectivity index (χ0v) is 13.8. The summed E-state index contributed by atoms with van der Waals surface area (Å²) in [4.78, 5) is 27.5. The number of carbonyl (C=O) groups is 2. The van der Waals surface area contributed by atoms with Crippen LogP contribution in [0.15, 0.2) is 0 Å². The number of carbonyl (C=O) groups excluding carboxylic acids is 2. The summed E-state index contributed by atoms with van der Waals surface area (Å²) >= 11 is 0. The van der Waals surface area contributed by atoms with E-state index in [1.54, 1.807) is 0 Å². The van der Waals surface area contributed by atoms with Crippen LogP contribution in [-0.2, 0) is 9.59 Å². The topological polar surface area (TPSA) is 76.4 Å². The Morgan fingerprint density at radius 2 is 1.96 bits per heavy atom. The fraction of sp³-hybridized carbons (Fsp3) is 0.812. The third kappa shape index (κ3) is 4.64. The van der Waals surface area contributed by atoms with E-state index < -0.39 is 17.8 Å². The van der Waals surface area contributed by atoms with E-state index in [-0.39, 0.29) is 31.3 Å². The van der Waals surface area contributed by atoms with Gasteiger partial charge in [0.15, 0.2) is 0 Å². The summed E-state index contributed by atoms with van der Waals surface area (Å²) in [5.74, 6) is -0.203. The summed E-state index contributed by atoms with van der Waals surface area (Å²) in [7, 11) is 0. The van der Waals surface area contributed by atoms with Gasteiger partial charge in [-0.15, -0.1) is 0 Å². The van der Waals surface area contributed by atoms with Gasteiger partial charge in [-0.2, -0.15) is 5.26 Å². The number of hydrogen-bond donors (Lipinski definition) is 1. The van der Waals surface area contributed by atoms with Gasteiger partial charge in [0.25, 0.3) is 0 Å². The summed E-state index contributed by atoms with van der Waals surface area (Å²) in [6.45, 7) is 5.35. The van der Waals surface area contributed by atoms with Crippen molar-refractivity contribution in [3.05, 3.63) is 0 Å². The maximum atomic E-state index is 13.4. The monoisotopic (exact) mass is 324 g/mol. The van der Waals surface area contributed by atoms with Crippen molar-refractivity contribution in [3.8, 4) is 6.07 Å². The minimum absolute atomic E-state index is 0.00514. The highest BCUT2D eigenvalue weighted by atomic mass is 19.1. The van der Waals surface area contributed by atoms with Crippen molar-refractivity contribution in [1.82, 2.24) is 15.1 Å². The van der Waals surface area contributed by atoms with Crippen LogP contribution in [0, 0.1) is 11.3 Å². The molecule has 0 unspecified atom stereocenters. The molecule has 0 aromatic heterocycles. The van der Waals surface area contributed by atoms with Crippen molar-refractivity contribution in [2.24, 2.45) is 0 Å². The number of halogens is 1. The number of nitrogens with one attached hydrogen (secondary N) is 1. The van der Waals surface area contributed by atoms with Gasteiger partial charge in [0.1, 0.15) is 12.2 Å². The van der Waals surface area contributed by atoms with Gasteiger partial charge in [-0.3, -0.25) is 9.59 Å². The number of alkyl halides is 1. The maximum Gasteiger partial charge on any atom is 0.237 e. The average molecular weight is 324 g/mol. The summed E-state index contributed by atoms with van der Waals surface area (Å²) in [6.07, 6.45) is 1.36. The van der Waals surface area contributed by atoms with Crippen molar-refractivity contribution in [2.75, 3.05) is 26.2 Å². The molecule has 0 saturated carbocycles. The van der Waals surface area contributed by atoms with Gasteiger partial charge >= 0.3 is 0 Å². The van der Waals surface area contributed by atoms with Crippen molar-refractivity contribution in [1.29, 1.82) is 5.26 Å². The molecule has 0 radical (unpaired) electrons. The number of likely N-dealkylation sites (tertiary alicyclic amines) is 2. The Morgan fingerprint density at radius 3 is 2.57 bits per heavy atom. The first-order valence-electron chi connectivity index (χ1n) is 8.18. The van der Waals surface area contributed by atoms with E-state index in [2.05, 4.69) is 5.32 Å². The molecule has 7 heteroatoms. The van der Waals surface area contributed by atoms with E-state index in [1.807, 2.05) is 24.8 Å². The van der Waals surface area contributed by atoms with E-state index in [1.165, 1.54) is 4.90 Å². The zero-order chi connectivity index (χ0) is 17.0. The Morgan fingerprint density at radius 1 is 1.30 bits per heavy atom. The van der Waals surface area contributed by atoms with E-state index in [0.29, 0.717) is 6.42 Å². The SMILES string of the molecule is CC(C)(CC(=O)N1CCCC1)NCC(=O)N1C[C@@H](F)C[C@@H]1C#N. The molecule has 23 heavy (non-hydrogen) atoms. The van der Waals surface area contributed by atoms with Crippen LogP contribution in [-0.4, -0.2) is 65.5 Å². The second-order valence-electron chi connectivity index (χ2n) is 7.03. The molecule has 6 nitrogen and oxygen atoms in total. The molecule has 0 aliphatic carbocycles. The second kappa shape index (κ2) is 7.26. The molecule has 1 N–H and O–H groups in total. The molecule has 2 amide bonds. The third-order valence-electron chi connectivity index (χ3n) is 4.49. The summed E-state index contributed by atoms with van der Waals surface area (Å²) in [5, 5.41) is 12.1. The largest absolute Gasteiger partial charge is 0.343 e. The molecule has 2 fully saturated rings. The molecule has 0 aromatic rings. The van der Waals surface area contributed by atoms with Crippen LogP contribution in [0.3, 0.4) is 0 Å². The quantitative estimate of drug-likeness (QED) is 0.813. The lowest BCUT2D eigenvalue weighted by atomic mass is 9.99. The molecular weight excluding hydrogens is 299 g/mol. The first-order chi connectivity index (χ1) is 10.8. The lowest BCUT2D eigenvalue weighted by molar-refractivity contribution is -0.133. The van der Waals surface area contributed by atoms with Crippen LogP contribution in [0.5, 0.6) is 0 Å². The Labute approximate surface area is 136 Å². The minimum atomic E-state index is -1.13. The maximum absolute atomic E-state index is 13.4. The predicted molar refractivity (Wildman–Crippen MR) is 83.1 cm³/mol. The standard InChI is InChI=1S/C16H25FN4O2/c1-16(2,8-14(22)20-5-3-4-6-20)19-10-15(23)21-11-12(17)7-13(21)9-18/h12-13,19H,3-8,10-11H2,1-2H3/t12-,13+/m0/s1. The van der Waals surface area contributed by atoms with Gasteiger partial charge in [-0.1, -0.05) is 0 Å². The second-order valence-corrected chi connectivity index (χ2v) is 7.03. The van der Waals surface area contributed by atoms with Gasteiger partial charge in [0.2, 0.25) is 11.8 Å². The summed E-state index contributed by atoms with van der Waals surface area (Å²) in [5.41, 5.74) is -0.522. The number of amides is 2. The molecule has 2 aliphatic heterocycles. The normalized spacial score (nSPS) is 24.8. The molecule has 0 aromatic carbocycles. The summed E-state index contributed by atoms with van der Waals surface area (Å²) < 4.78 is 13.4. The molecule has 128 valence electrons. The van der Waals surface area contributed by atoms with Gasteiger partial charge in [0, 0.05) is 31.5 Å². The number of nitriles is 1. The van der Waals surface area contributed by atoms with Crippen LogP contribution < -0.4 is 5.32 Å². The molecular formula is C16H25FN4O2. The number of nitrogens with zero attached hydrogens (tertiary/aromatic N) is 3. The minimum Gasteiger partial charge on any atom is -0.343 e. The van der Waals surface area contributed by atoms with Gasteiger partial charge in [0.05, 0.1) is 19.2 Å². The first-order valence-corrected chi connectivity index (χ1v) is 8.18. The van der Waals surface area contributed by atoms with Gasteiger partial charge < -0.3 is 15.1 Å². The first kappa shape index (κ1) is 17.7. The molecule has 2 rings (SSSR count). The van der Waals surface area contributed by atoms with Crippen LogP contribution in [0.1, 0.15) is 39.5 Å². The van der Waals surface area contributed by atoms with Crippen molar-refractivity contribution < 1.29 is 14.0 Å². The highest BCUT2D eigenvalue weighted by Gasteiger charge is 2.36. The van der Waals surface area contributed by atoms with Gasteiger partial charge in [-0.25, -0.2) is 4.39 Å². The average Bonchev–Trinajstić information content (AvgIpc) is 3.13. The molecule has 2 heterocycles. The molecule has 2 atom stereocenters. The van der Waals surface area contributed by atoms with Crippen LogP contribution in [0.25, 0.3) is 0 Å². The number of hydrogen-bond acceptors (Lipinski definition) is 4. The van der Waals surface area contributed by atoms with Crippen LogP contribution in [0.2, 0.25) is 0 Å². The summed E-state index contributed by atoms with van der Waals surface area (Å²) in [6, 6.07) is 1.28. The Kier molecular flexibility index (Phi) is 5.58. The fourth-order valence-corrected chi connectivity index (χ4v) is 3.12. The smallest absolute Gasteiger partial charge is 0.237 e. The van der Waals surface area contributed by atoms with Crippen LogP contribution >= 0.6 is 0 Å². The third-order valence-corrected chi connectivity index (χ3v) is 4.49. The zero-order valence-electron chi connectivity index (χ0n) is 13.8. The Bertz CT molecular complexity index is 497. The lowest BCUT2D eigenvalue weighted by Crippen LogP contribution is -2.49. The lowest BCUT2D eigenvalue weighted by Gasteiger charge is -2.29. The van der Waals surface area contributed by atoms with Crippen molar-refractivity contribution >= 4 is 11.8 Å². The molecule has 0 bridgehead atoms. The van der Waals surface area contributed by atoms with E-state index in [0.717, 1.165) is 25.9 Å².